The third-order valence-corrected chi connectivity index (χ3v) is 9.16. The normalized spacial score (nSPS) is 20.0. The van der Waals surface area contributed by atoms with E-state index < -0.39 is 38.6 Å². The Morgan fingerprint density at radius 3 is 2.12 bits per heavy atom. The average Bonchev–Trinajstić information content (AvgIpc) is 2.97. The monoisotopic (exact) mass is 571 g/mol. The van der Waals surface area contributed by atoms with E-state index >= 15 is 0 Å². The van der Waals surface area contributed by atoms with Crippen molar-refractivity contribution in [3.05, 3.63) is 64.3 Å². The first kappa shape index (κ1) is 27.7. The van der Waals surface area contributed by atoms with Crippen LogP contribution in [0.15, 0.2) is 62.6 Å². The maximum Gasteiger partial charge on any atom is 0.252 e. The first-order valence-corrected chi connectivity index (χ1v) is 13.8. The van der Waals surface area contributed by atoms with Crippen molar-refractivity contribution in [3.63, 3.8) is 0 Å². The number of methoxy groups -OCH3 is 4. The number of aliphatic hydroxyl groups excluding tert-OH is 2. The minimum Gasteiger partial charge on any atom is -0.496 e. The summed E-state index contributed by atoms with van der Waals surface area (Å²) in [7, 11) is 0.821. The van der Waals surface area contributed by atoms with E-state index in [1.807, 2.05) is 30.3 Å². The molecule has 1 aliphatic heterocycles. The molecule has 11 nitrogen and oxygen atoms in total. The van der Waals surface area contributed by atoms with Gasteiger partial charge in [-0.3, -0.25) is 4.79 Å². The van der Waals surface area contributed by atoms with Crippen LogP contribution in [0.25, 0.3) is 21.9 Å². The van der Waals surface area contributed by atoms with Gasteiger partial charge in [0.1, 0.15) is 34.8 Å². The molecule has 0 radical (unpaired) electrons. The Labute approximate surface area is 230 Å². The van der Waals surface area contributed by atoms with E-state index in [-0.39, 0.29) is 57.9 Å². The lowest BCUT2D eigenvalue weighted by Gasteiger charge is -2.39. The average molecular weight is 572 g/mol. The van der Waals surface area contributed by atoms with E-state index in [2.05, 4.69) is 0 Å². The SMILES string of the molecule is COc1cc2oc3c(S(=O)(=O)N4CCC(c5ccccc5)C(O)C4O)c(OC)cc(OC)c3c(=O)c2cc1OC. The summed E-state index contributed by atoms with van der Waals surface area (Å²) in [5, 5.41) is 22.0. The van der Waals surface area contributed by atoms with Gasteiger partial charge in [-0.2, -0.15) is 4.31 Å². The van der Waals surface area contributed by atoms with Crippen LogP contribution in [0.5, 0.6) is 23.0 Å². The zero-order valence-corrected chi connectivity index (χ0v) is 23.1. The topological polar surface area (TPSA) is 145 Å². The molecule has 3 atom stereocenters. The van der Waals surface area contributed by atoms with Crippen molar-refractivity contribution in [2.45, 2.75) is 29.6 Å². The Kier molecular flexibility index (Phi) is 7.36. The van der Waals surface area contributed by atoms with Crippen LogP contribution in [0.2, 0.25) is 0 Å². The van der Waals surface area contributed by atoms with Gasteiger partial charge in [-0.15, -0.1) is 0 Å². The fourth-order valence-corrected chi connectivity index (χ4v) is 6.99. The molecule has 1 fully saturated rings. The van der Waals surface area contributed by atoms with Crippen molar-refractivity contribution in [2.24, 2.45) is 0 Å². The molecule has 3 unspecified atom stereocenters. The second-order valence-corrected chi connectivity index (χ2v) is 11.1. The highest BCUT2D eigenvalue weighted by atomic mass is 32.2. The summed E-state index contributed by atoms with van der Waals surface area (Å²) in [4.78, 5) is 13.2. The van der Waals surface area contributed by atoms with Crippen molar-refractivity contribution >= 4 is 32.0 Å². The molecule has 1 aliphatic rings. The van der Waals surface area contributed by atoms with E-state index in [1.54, 1.807) is 0 Å². The van der Waals surface area contributed by atoms with Crippen LogP contribution in [0.1, 0.15) is 17.9 Å². The largest absolute Gasteiger partial charge is 0.496 e. The zero-order valence-electron chi connectivity index (χ0n) is 22.3. The Morgan fingerprint density at radius 2 is 1.50 bits per heavy atom. The molecule has 1 aromatic heterocycles. The number of benzene rings is 3. The van der Waals surface area contributed by atoms with Gasteiger partial charge in [0.15, 0.2) is 22.0 Å². The predicted octanol–water partition coefficient (Wildman–Crippen LogP) is 2.84. The number of rotatable bonds is 7. The summed E-state index contributed by atoms with van der Waals surface area (Å²) in [6.45, 7) is -0.111. The Bertz CT molecular complexity index is 1740. The Morgan fingerprint density at radius 1 is 0.875 bits per heavy atom. The van der Waals surface area contributed by atoms with Crippen molar-refractivity contribution in [1.29, 1.82) is 0 Å². The van der Waals surface area contributed by atoms with Crippen LogP contribution < -0.4 is 24.4 Å². The third-order valence-electron chi connectivity index (χ3n) is 7.24. The number of piperidine rings is 1. The van der Waals surface area contributed by atoms with Crippen molar-refractivity contribution in [3.8, 4) is 23.0 Å². The Balaban J connectivity index is 1.73. The fraction of sp³-hybridized carbons (Fsp3) is 0.321. The van der Waals surface area contributed by atoms with Gasteiger partial charge >= 0.3 is 0 Å². The van der Waals surface area contributed by atoms with Crippen LogP contribution in [0.4, 0.5) is 0 Å². The molecule has 0 aliphatic carbocycles. The number of fused-ring (bicyclic) bond motifs is 2. The van der Waals surface area contributed by atoms with Crippen LogP contribution in [0.3, 0.4) is 0 Å². The minimum absolute atomic E-state index is 0.0274. The molecule has 0 bridgehead atoms. The zero-order chi connectivity index (χ0) is 28.8. The summed E-state index contributed by atoms with van der Waals surface area (Å²) in [5.41, 5.74) is -0.0880. The van der Waals surface area contributed by atoms with E-state index in [0.717, 1.165) is 9.87 Å². The molecule has 0 spiro atoms. The highest BCUT2D eigenvalue weighted by molar-refractivity contribution is 7.89. The second kappa shape index (κ2) is 10.6. The molecule has 4 aromatic rings. The Hall–Kier alpha value is -3.84. The van der Waals surface area contributed by atoms with Gasteiger partial charge in [0.05, 0.1) is 33.8 Å². The van der Waals surface area contributed by atoms with E-state index in [1.165, 1.54) is 46.6 Å². The molecule has 5 rings (SSSR count). The lowest BCUT2D eigenvalue weighted by Crippen LogP contribution is -2.53. The maximum absolute atomic E-state index is 14.2. The van der Waals surface area contributed by atoms with Gasteiger partial charge in [0.2, 0.25) is 5.43 Å². The first-order chi connectivity index (χ1) is 19.2. The highest BCUT2D eigenvalue weighted by Crippen LogP contribution is 2.43. The predicted molar refractivity (Wildman–Crippen MR) is 146 cm³/mol. The van der Waals surface area contributed by atoms with Crippen LogP contribution >= 0.6 is 0 Å². The third kappa shape index (κ3) is 4.33. The minimum atomic E-state index is -4.60. The standard InChI is InChI=1S/C28H29NO10S/c1-35-19-12-17-18(13-20(19)36-2)39-26-23(24(17)30)21(37-3)14-22(38-4)27(26)40(33,34)29-11-10-16(25(31)28(29)32)15-8-6-5-7-9-15/h5-9,12-14,16,25,28,31-32H,10-11H2,1-4H3. The fourth-order valence-electron chi connectivity index (χ4n) is 5.22. The molecule has 2 heterocycles. The number of hydrogen-bond donors (Lipinski definition) is 2. The van der Waals surface area contributed by atoms with E-state index in [4.69, 9.17) is 23.4 Å². The summed E-state index contributed by atoms with van der Waals surface area (Å²) in [6.07, 6.45) is -2.95. The second-order valence-electron chi connectivity index (χ2n) is 9.27. The molecule has 40 heavy (non-hydrogen) atoms. The van der Waals surface area contributed by atoms with E-state index in [0.29, 0.717) is 0 Å². The summed E-state index contributed by atoms with van der Waals surface area (Å²) < 4.78 is 56.7. The quantitative estimate of drug-likeness (QED) is 0.318. The van der Waals surface area contributed by atoms with Crippen molar-refractivity contribution in [1.82, 2.24) is 4.31 Å². The maximum atomic E-state index is 14.2. The summed E-state index contributed by atoms with van der Waals surface area (Å²) in [6, 6.07) is 13.2. The summed E-state index contributed by atoms with van der Waals surface area (Å²) >= 11 is 0. The molecule has 0 saturated carbocycles. The van der Waals surface area contributed by atoms with Crippen molar-refractivity contribution in [2.75, 3.05) is 35.0 Å². The van der Waals surface area contributed by atoms with E-state index in [9.17, 15) is 23.4 Å². The lowest BCUT2D eigenvalue weighted by molar-refractivity contribution is -0.0815. The molecule has 212 valence electrons. The van der Waals surface area contributed by atoms with Crippen molar-refractivity contribution < 1.29 is 42.0 Å². The number of ether oxygens (including phenoxy) is 4. The molecular formula is C28H29NO10S. The molecule has 12 heteroatoms. The molecule has 2 N–H and O–H groups in total. The number of sulfonamides is 1. The van der Waals surface area contributed by atoms with Crippen LogP contribution in [-0.4, -0.2) is 70.3 Å². The molecular weight excluding hydrogens is 542 g/mol. The van der Waals surface area contributed by atoms with Gasteiger partial charge in [0, 0.05) is 24.6 Å². The van der Waals surface area contributed by atoms with Gasteiger partial charge in [-0.1, -0.05) is 30.3 Å². The van der Waals surface area contributed by atoms with Gasteiger partial charge in [0.25, 0.3) is 10.0 Å². The number of aliphatic hydroxyl groups is 2. The smallest absolute Gasteiger partial charge is 0.252 e. The van der Waals surface area contributed by atoms with Gasteiger partial charge in [-0.25, -0.2) is 8.42 Å². The van der Waals surface area contributed by atoms with Crippen LogP contribution in [0, 0.1) is 0 Å². The molecule has 3 aromatic carbocycles. The van der Waals surface area contributed by atoms with Crippen LogP contribution in [-0.2, 0) is 10.0 Å². The lowest BCUT2D eigenvalue weighted by atomic mass is 9.87. The number of hydrogen-bond acceptors (Lipinski definition) is 10. The first-order valence-electron chi connectivity index (χ1n) is 12.4. The number of nitrogens with zero attached hydrogens (tertiary/aromatic N) is 1. The summed E-state index contributed by atoms with van der Waals surface area (Å²) in [5.74, 6) is -0.0843. The van der Waals surface area contributed by atoms with Gasteiger partial charge in [-0.05, 0) is 18.1 Å². The highest BCUT2D eigenvalue weighted by Gasteiger charge is 2.45. The van der Waals surface area contributed by atoms with Gasteiger partial charge < -0.3 is 33.6 Å². The molecule has 0 amide bonds. The molecule has 1 saturated heterocycles.